The maximum absolute atomic E-state index is 12.6. The molecule has 1 fully saturated rings. The van der Waals surface area contributed by atoms with Crippen LogP contribution in [-0.2, 0) is 18.4 Å². The minimum atomic E-state index is 0.0911. The standard InChI is InChI=1S/C24H28N6O/c1-28-16-21(14-26-28)20-7-8-22-23(15-27-30(22)17-20)29-11-9-19(10-12-29)24(31)25-13-18-5-3-2-4-6-18/h2-8,14-17,19,22-23H,9-13H2,1H3,(H,25,31). The molecule has 1 aromatic carbocycles. The molecule has 2 aromatic rings. The number of aromatic nitrogens is 2. The number of amides is 1. The molecule has 2 unspecified atom stereocenters. The van der Waals surface area contributed by atoms with Crippen LogP contribution >= 0.6 is 0 Å². The number of nitrogens with one attached hydrogen (secondary N) is 1. The van der Waals surface area contributed by atoms with E-state index in [1.165, 1.54) is 0 Å². The van der Waals surface area contributed by atoms with Gasteiger partial charge in [-0.05, 0) is 31.5 Å². The topological polar surface area (TPSA) is 65.8 Å². The highest BCUT2D eigenvalue weighted by molar-refractivity contribution is 5.79. The van der Waals surface area contributed by atoms with Crippen molar-refractivity contribution in [1.29, 1.82) is 0 Å². The van der Waals surface area contributed by atoms with E-state index in [4.69, 9.17) is 0 Å². The van der Waals surface area contributed by atoms with Crippen LogP contribution in [0, 0.1) is 5.92 Å². The molecule has 0 aliphatic carbocycles. The van der Waals surface area contributed by atoms with Crippen LogP contribution in [0.3, 0.4) is 0 Å². The van der Waals surface area contributed by atoms with Gasteiger partial charge in [-0.1, -0.05) is 42.5 Å². The first-order valence-electron chi connectivity index (χ1n) is 10.9. The van der Waals surface area contributed by atoms with Crippen LogP contribution in [-0.4, -0.2) is 57.0 Å². The van der Waals surface area contributed by atoms with Gasteiger partial charge in [-0.25, -0.2) is 0 Å². The minimum absolute atomic E-state index is 0.0911. The molecule has 3 aliphatic heterocycles. The predicted octanol–water partition coefficient (Wildman–Crippen LogP) is 2.40. The Kier molecular flexibility index (Phi) is 5.42. The van der Waals surface area contributed by atoms with Crippen molar-refractivity contribution < 1.29 is 4.79 Å². The molecule has 1 aromatic heterocycles. The summed E-state index contributed by atoms with van der Waals surface area (Å²) in [5.74, 6) is 0.264. The molecule has 31 heavy (non-hydrogen) atoms. The molecule has 1 amide bonds. The zero-order valence-electron chi connectivity index (χ0n) is 17.8. The zero-order chi connectivity index (χ0) is 21.2. The van der Waals surface area contributed by atoms with Crippen LogP contribution in [0.5, 0.6) is 0 Å². The molecule has 0 spiro atoms. The number of allylic oxidation sites excluding steroid dienone is 2. The fourth-order valence-electron chi connectivity index (χ4n) is 4.62. The molecule has 1 saturated heterocycles. The molecule has 0 bridgehead atoms. The van der Waals surface area contributed by atoms with Crippen LogP contribution in [0.15, 0.2) is 66.2 Å². The average Bonchev–Trinajstić information content (AvgIpc) is 3.44. The van der Waals surface area contributed by atoms with Gasteiger partial charge in [0, 0.05) is 49.3 Å². The Morgan fingerprint density at radius 3 is 2.71 bits per heavy atom. The molecule has 0 saturated carbocycles. The van der Waals surface area contributed by atoms with Gasteiger partial charge in [0.05, 0.1) is 18.3 Å². The molecule has 0 radical (unpaired) electrons. The van der Waals surface area contributed by atoms with E-state index in [9.17, 15) is 4.79 Å². The van der Waals surface area contributed by atoms with Gasteiger partial charge in [0.15, 0.2) is 0 Å². The van der Waals surface area contributed by atoms with E-state index in [2.05, 4.69) is 38.8 Å². The number of piperidine rings is 1. The third-order valence-corrected chi connectivity index (χ3v) is 6.42. The lowest BCUT2D eigenvalue weighted by Gasteiger charge is -2.37. The summed E-state index contributed by atoms with van der Waals surface area (Å²) in [5, 5.41) is 14.1. The van der Waals surface area contributed by atoms with Gasteiger partial charge in [-0.15, -0.1) is 0 Å². The Labute approximate surface area is 182 Å². The molecule has 5 rings (SSSR count). The number of hydrogen-bond donors (Lipinski definition) is 1. The summed E-state index contributed by atoms with van der Waals surface area (Å²) in [7, 11) is 1.93. The maximum Gasteiger partial charge on any atom is 0.223 e. The number of benzene rings is 1. The summed E-state index contributed by atoms with van der Waals surface area (Å²) < 4.78 is 1.81. The summed E-state index contributed by atoms with van der Waals surface area (Å²) in [5.41, 5.74) is 3.35. The molecular formula is C24H28N6O. The van der Waals surface area contributed by atoms with Crippen molar-refractivity contribution in [3.8, 4) is 0 Å². The highest BCUT2D eigenvalue weighted by Crippen LogP contribution is 2.30. The third-order valence-electron chi connectivity index (χ3n) is 6.42. The Balaban J connectivity index is 1.14. The van der Waals surface area contributed by atoms with E-state index in [1.54, 1.807) is 0 Å². The predicted molar refractivity (Wildman–Crippen MR) is 121 cm³/mol. The first kappa shape index (κ1) is 19.8. The Morgan fingerprint density at radius 2 is 1.97 bits per heavy atom. The molecule has 7 heteroatoms. The van der Waals surface area contributed by atoms with E-state index in [-0.39, 0.29) is 23.9 Å². The van der Waals surface area contributed by atoms with E-state index in [1.807, 2.05) is 65.7 Å². The van der Waals surface area contributed by atoms with Crippen LogP contribution < -0.4 is 5.32 Å². The van der Waals surface area contributed by atoms with Gasteiger partial charge >= 0.3 is 0 Å². The number of fused-ring (bicyclic) bond motifs is 1. The van der Waals surface area contributed by atoms with Crippen LogP contribution in [0.2, 0.25) is 0 Å². The first-order valence-corrected chi connectivity index (χ1v) is 10.9. The van der Waals surface area contributed by atoms with E-state index in [0.717, 1.165) is 42.6 Å². The van der Waals surface area contributed by atoms with Crippen molar-refractivity contribution in [2.45, 2.75) is 31.5 Å². The van der Waals surface area contributed by atoms with Crippen LogP contribution in [0.1, 0.15) is 24.0 Å². The largest absolute Gasteiger partial charge is 0.352 e. The summed E-state index contributed by atoms with van der Waals surface area (Å²) >= 11 is 0. The Bertz CT molecular complexity index is 1020. The van der Waals surface area contributed by atoms with Gasteiger partial charge in [-0.2, -0.15) is 10.2 Å². The highest BCUT2D eigenvalue weighted by atomic mass is 16.1. The van der Waals surface area contributed by atoms with Crippen LogP contribution in [0.25, 0.3) is 5.57 Å². The fourth-order valence-corrected chi connectivity index (χ4v) is 4.62. The second-order valence-electron chi connectivity index (χ2n) is 8.49. The van der Waals surface area contributed by atoms with Gasteiger partial charge in [-0.3, -0.25) is 19.4 Å². The average molecular weight is 417 g/mol. The first-order chi connectivity index (χ1) is 15.2. The Morgan fingerprint density at radius 1 is 1.16 bits per heavy atom. The highest BCUT2D eigenvalue weighted by Gasteiger charge is 2.37. The second kappa shape index (κ2) is 8.51. The number of rotatable bonds is 5. The van der Waals surface area contributed by atoms with Crippen molar-refractivity contribution in [2.75, 3.05) is 13.1 Å². The number of hydrogen-bond acceptors (Lipinski definition) is 5. The summed E-state index contributed by atoms with van der Waals surface area (Å²) in [4.78, 5) is 15.1. The van der Waals surface area contributed by atoms with Crippen molar-refractivity contribution in [1.82, 2.24) is 25.0 Å². The molecule has 2 atom stereocenters. The lowest BCUT2D eigenvalue weighted by Crippen LogP contribution is -2.50. The minimum Gasteiger partial charge on any atom is -0.352 e. The molecular weight excluding hydrogens is 388 g/mol. The number of hydrazone groups is 1. The van der Waals surface area contributed by atoms with Gasteiger partial charge < -0.3 is 5.32 Å². The molecule has 3 aliphatic rings. The smallest absolute Gasteiger partial charge is 0.223 e. The molecule has 4 heterocycles. The number of carbonyl (C=O) groups excluding carboxylic acids is 1. The summed E-state index contributed by atoms with van der Waals surface area (Å²) in [6.45, 7) is 2.43. The van der Waals surface area contributed by atoms with Crippen molar-refractivity contribution in [3.05, 3.63) is 72.2 Å². The quantitative estimate of drug-likeness (QED) is 0.813. The SMILES string of the molecule is Cn1cc(C2=CN3N=CC(N4CCC(C(=O)NCc5ccccc5)CC4)C3C=C2)cn1. The number of aryl methyl sites for hydroxylation is 1. The van der Waals surface area contributed by atoms with E-state index >= 15 is 0 Å². The third kappa shape index (κ3) is 4.18. The number of nitrogens with zero attached hydrogens (tertiary/aromatic N) is 5. The van der Waals surface area contributed by atoms with Gasteiger partial charge in [0.1, 0.15) is 0 Å². The lowest BCUT2D eigenvalue weighted by molar-refractivity contribution is -0.126. The fraction of sp³-hybridized carbons (Fsp3) is 0.375. The second-order valence-corrected chi connectivity index (χ2v) is 8.49. The van der Waals surface area contributed by atoms with E-state index in [0.29, 0.717) is 6.54 Å². The van der Waals surface area contributed by atoms with Crippen molar-refractivity contribution >= 4 is 17.7 Å². The summed E-state index contributed by atoms with van der Waals surface area (Å²) in [6, 6.07) is 10.5. The number of carbonyl (C=O) groups is 1. The normalized spacial score (nSPS) is 23.6. The maximum atomic E-state index is 12.6. The molecule has 7 nitrogen and oxygen atoms in total. The molecule has 1 N–H and O–H groups in total. The monoisotopic (exact) mass is 416 g/mol. The lowest BCUT2D eigenvalue weighted by atomic mass is 9.93. The summed E-state index contributed by atoms with van der Waals surface area (Å²) in [6.07, 6.45) is 14.2. The zero-order valence-corrected chi connectivity index (χ0v) is 17.8. The van der Waals surface area contributed by atoms with Gasteiger partial charge in [0.25, 0.3) is 0 Å². The van der Waals surface area contributed by atoms with Crippen molar-refractivity contribution in [3.63, 3.8) is 0 Å². The van der Waals surface area contributed by atoms with Crippen molar-refractivity contribution in [2.24, 2.45) is 18.1 Å². The van der Waals surface area contributed by atoms with E-state index < -0.39 is 0 Å². The number of likely N-dealkylation sites (tertiary alicyclic amines) is 1. The Hall–Kier alpha value is -3.19. The van der Waals surface area contributed by atoms with Gasteiger partial charge in [0.2, 0.25) is 5.91 Å². The molecule has 160 valence electrons. The van der Waals surface area contributed by atoms with Crippen LogP contribution in [0.4, 0.5) is 0 Å².